The number of carbonyl (C=O) groups excluding carboxylic acids is 2. The Balaban J connectivity index is 1.51. The van der Waals surface area contributed by atoms with Crippen LogP contribution >= 0.6 is 11.3 Å². The number of rotatable bonds is 10. The van der Waals surface area contributed by atoms with Crippen molar-refractivity contribution in [1.82, 2.24) is 9.80 Å². The monoisotopic (exact) mass is 496 g/mol. The summed E-state index contributed by atoms with van der Waals surface area (Å²) in [5, 5.41) is 2.03. The van der Waals surface area contributed by atoms with Crippen LogP contribution < -0.4 is 4.74 Å². The maximum Gasteiger partial charge on any atom is 0.254 e. The standard InChI is InChI=1S/C27H29FN2O4S/c1-33-16-5-14-29(27(32)20-6-3-2-4-7-20)18-26(31)30-15-12-25-23(13-17-35-25)24(30)19-34-22-10-8-21(28)9-11-22/h2-4,6-11,13,17,24H,5,12,14-16,18-19H2,1H3/t24-/m0/s1. The Hall–Kier alpha value is -3.23. The van der Waals surface area contributed by atoms with Crippen LogP contribution in [0.5, 0.6) is 5.75 Å². The van der Waals surface area contributed by atoms with Crippen molar-refractivity contribution in [3.63, 3.8) is 0 Å². The van der Waals surface area contributed by atoms with E-state index in [1.165, 1.54) is 17.0 Å². The Morgan fingerprint density at radius 2 is 1.89 bits per heavy atom. The molecule has 0 spiro atoms. The highest BCUT2D eigenvalue weighted by atomic mass is 32.1. The SMILES string of the molecule is COCCCN(CC(=O)N1CCc2sccc2[C@@H]1COc1ccc(F)cc1)C(=O)c1ccccc1. The summed E-state index contributed by atoms with van der Waals surface area (Å²) in [5.41, 5.74) is 1.62. The molecule has 0 saturated carbocycles. The van der Waals surface area contributed by atoms with Crippen LogP contribution in [0.2, 0.25) is 0 Å². The molecule has 0 fully saturated rings. The summed E-state index contributed by atoms with van der Waals surface area (Å²) in [6.45, 7) is 1.70. The van der Waals surface area contributed by atoms with E-state index < -0.39 is 0 Å². The zero-order valence-corrected chi connectivity index (χ0v) is 20.5. The lowest BCUT2D eigenvalue weighted by molar-refractivity contribution is -0.135. The van der Waals surface area contributed by atoms with E-state index in [0.717, 1.165) is 12.0 Å². The molecule has 8 heteroatoms. The molecule has 0 unspecified atom stereocenters. The smallest absolute Gasteiger partial charge is 0.254 e. The van der Waals surface area contributed by atoms with Gasteiger partial charge in [0.2, 0.25) is 5.91 Å². The molecule has 0 bridgehead atoms. The van der Waals surface area contributed by atoms with Crippen molar-refractivity contribution in [1.29, 1.82) is 0 Å². The molecular weight excluding hydrogens is 467 g/mol. The topological polar surface area (TPSA) is 59.1 Å². The van der Waals surface area contributed by atoms with Gasteiger partial charge in [-0.25, -0.2) is 4.39 Å². The van der Waals surface area contributed by atoms with Gasteiger partial charge in [-0.2, -0.15) is 0 Å². The molecule has 3 aromatic rings. The molecule has 0 aliphatic carbocycles. The van der Waals surface area contributed by atoms with Gasteiger partial charge in [0.1, 0.15) is 24.7 Å². The molecule has 35 heavy (non-hydrogen) atoms. The lowest BCUT2D eigenvalue weighted by atomic mass is 10.0. The lowest BCUT2D eigenvalue weighted by Gasteiger charge is -2.37. The van der Waals surface area contributed by atoms with Crippen LogP contribution in [0.3, 0.4) is 0 Å². The number of methoxy groups -OCH3 is 1. The van der Waals surface area contributed by atoms with E-state index in [4.69, 9.17) is 9.47 Å². The first-order valence-electron chi connectivity index (χ1n) is 11.6. The largest absolute Gasteiger partial charge is 0.491 e. The molecule has 0 saturated heterocycles. The molecule has 0 N–H and O–H groups in total. The van der Waals surface area contributed by atoms with Gasteiger partial charge in [0.15, 0.2) is 0 Å². The third-order valence-corrected chi connectivity index (χ3v) is 7.04. The van der Waals surface area contributed by atoms with Gasteiger partial charge in [-0.15, -0.1) is 11.3 Å². The molecule has 1 aliphatic rings. The molecule has 4 rings (SSSR count). The van der Waals surface area contributed by atoms with E-state index >= 15 is 0 Å². The number of hydrogen-bond acceptors (Lipinski definition) is 5. The van der Waals surface area contributed by atoms with Crippen molar-refractivity contribution in [2.75, 3.05) is 40.0 Å². The number of nitrogens with zero attached hydrogens (tertiary/aromatic N) is 2. The van der Waals surface area contributed by atoms with Crippen molar-refractivity contribution in [2.24, 2.45) is 0 Å². The fraction of sp³-hybridized carbons (Fsp3) is 0.333. The first-order chi connectivity index (χ1) is 17.1. The van der Waals surface area contributed by atoms with Gasteiger partial charge in [0.05, 0.1) is 6.04 Å². The third-order valence-electron chi connectivity index (χ3n) is 6.05. The predicted molar refractivity (Wildman–Crippen MR) is 133 cm³/mol. The molecular formula is C27H29FN2O4S. The summed E-state index contributed by atoms with van der Waals surface area (Å²) < 4.78 is 24.4. The number of fused-ring (bicyclic) bond motifs is 1. The van der Waals surface area contributed by atoms with Crippen LogP contribution in [0.1, 0.15) is 33.3 Å². The lowest BCUT2D eigenvalue weighted by Crippen LogP contribution is -2.48. The molecule has 6 nitrogen and oxygen atoms in total. The number of halogens is 1. The molecule has 0 radical (unpaired) electrons. The number of carbonyl (C=O) groups is 2. The van der Waals surface area contributed by atoms with Crippen molar-refractivity contribution in [3.05, 3.63) is 87.9 Å². The minimum atomic E-state index is -0.330. The number of amides is 2. The summed E-state index contributed by atoms with van der Waals surface area (Å²) in [5.74, 6) is -0.0937. The summed E-state index contributed by atoms with van der Waals surface area (Å²) in [6, 6.07) is 16.6. The van der Waals surface area contributed by atoms with Gasteiger partial charge in [-0.1, -0.05) is 18.2 Å². The van der Waals surface area contributed by atoms with Crippen molar-refractivity contribution >= 4 is 23.2 Å². The molecule has 184 valence electrons. The number of benzene rings is 2. The van der Waals surface area contributed by atoms with Crippen LogP contribution in [0.15, 0.2) is 66.0 Å². The number of ether oxygens (including phenoxy) is 2. The average molecular weight is 497 g/mol. The van der Waals surface area contributed by atoms with Crippen LogP contribution in [0.25, 0.3) is 0 Å². The first-order valence-corrected chi connectivity index (χ1v) is 12.5. The van der Waals surface area contributed by atoms with E-state index in [1.807, 2.05) is 29.6 Å². The van der Waals surface area contributed by atoms with Gasteiger partial charge in [-0.3, -0.25) is 9.59 Å². The van der Waals surface area contributed by atoms with Crippen LogP contribution in [-0.2, 0) is 16.0 Å². The second-order valence-corrected chi connectivity index (χ2v) is 9.36. The van der Waals surface area contributed by atoms with Crippen LogP contribution in [0.4, 0.5) is 4.39 Å². The first kappa shape index (κ1) is 24.9. The maximum atomic E-state index is 13.6. The van der Waals surface area contributed by atoms with Gasteiger partial charge < -0.3 is 19.3 Å². The molecule has 1 aliphatic heterocycles. The number of hydrogen-bond donors (Lipinski definition) is 0. The summed E-state index contributed by atoms with van der Waals surface area (Å²) in [6.07, 6.45) is 1.40. The van der Waals surface area contributed by atoms with E-state index in [1.54, 1.807) is 52.5 Å². The molecule has 1 aromatic heterocycles. The summed E-state index contributed by atoms with van der Waals surface area (Å²) >= 11 is 1.67. The molecule has 2 amide bonds. The number of thiophene rings is 1. The van der Waals surface area contributed by atoms with Crippen LogP contribution in [0, 0.1) is 5.82 Å². The minimum Gasteiger partial charge on any atom is -0.491 e. The van der Waals surface area contributed by atoms with Crippen molar-refractivity contribution in [3.8, 4) is 5.75 Å². The summed E-state index contributed by atoms with van der Waals surface area (Å²) in [7, 11) is 1.62. The second-order valence-electron chi connectivity index (χ2n) is 8.36. The Labute approximate surface area is 208 Å². The highest BCUT2D eigenvalue weighted by Gasteiger charge is 2.33. The maximum absolute atomic E-state index is 13.6. The van der Waals surface area contributed by atoms with E-state index in [0.29, 0.717) is 37.4 Å². The summed E-state index contributed by atoms with van der Waals surface area (Å²) in [4.78, 5) is 31.4. The molecule has 1 atom stereocenters. The third kappa shape index (κ3) is 6.26. The highest BCUT2D eigenvalue weighted by molar-refractivity contribution is 7.10. The Bertz CT molecular complexity index is 1120. The normalized spacial score (nSPS) is 14.9. The van der Waals surface area contributed by atoms with Crippen molar-refractivity contribution in [2.45, 2.75) is 18.9 Å². The second kappa shape index (κ2) is 12.0. The zero-order chi connectivity index (χ0) is 24.6. The van der Waals surface area contributed by atoms with E-state index in [9.17, 15) is 14.0 Å². The quantitative estimate of drug-likeness (QED) is 0.386. The minimum absolute atomic E-state index is 0.0238. The molecule has 2 heterocycles. The fourth-order valence-electron chi connectivity index (χ4n) is 4.25. The van der Waals surface area contributed by atoms with Gasteiger partial charge in [0.25, 0.3) is 5.91 Å². The zero-order valence-electron chi connectivity index (χ0n) is 19.7. The van der Waals surface area contributed by atoms with Gasteiger partial charge >= 0.3 is 0 Å². The molecule has 2 aromatic carbocycles. The van der Waals surface area contributed by atoms with Crippen LogP contribution in [-0.4, -0.2) is 61.6 Å². The highest BCUT2D eigenvalue weighted by Crippen LogP contribution is 2.34. The van der Waals surface area contributed by atoms with E-state index in [2.05, 4.69) is 0 Å². The Kier molecular flexibility index (Phi) is 8.50. The van der Waals surface area contributed by atoms with E-state index in [-0.39, 0.29) is 36.8 Å². The van der Waals surface area contributed by atoms with Gasteiger partial charge in [0, 0.05) is 37.2 Å². The van der Waals surface area contributed by atoms with Gasteiger partial charge in [-0.05, 0) is 66.2 Å². The Morgan fingerprint density at radius 3 is 2.63 bits per heavy atom. The van der Waals surface area contributed by atoms with Crippen molar-refractivity contribution < 1.29 is 23.5 Å². The Morgan fingerprint density at radius 1 is 1.11 bits per heavy atom. The predicted octanol–water partition coefficient (Wildman–Crippen LogP) is 4.57. The fourth-order valence-corrected chi connectivity index (χ4v) is 5.18. The average Bonchev–Trinajstić information content (AvgIpc) is 3.37.